The Labute approximate surface area is 111 Å². The lowest BCUT2D eigenvalue weighted by Crippen LogP contribution is -2.14. The highest BCUT2D eigenvalue weighted by molar-refractivity contribution is 9.10. The first-order chi connectivity index (χ1) is 8.06. The van der Waals surface area contributed by atoms with E-state index in [1.165, 1.54) is 0 Å². The molecule has 0 aliphatic heterocycles. The van der Waals surface area contributed by atoms with E-state index in [4.69, 9.17) is 0 Å². The Kier molecular flexibility index (Phi) is 5.69. The molecule has 1 aromatic carbocycles. The fourth-order valence-electron chi connectivity index (χ4n) is 1.72. The number of unbranched alkanes of at least 4 members (excludes halogenated alkanes) is 2. The van der Waals surface area contributed by atoms with Crippen LogP contribution in [0.3, 0.4) is 0 Å². The van der Waals surface area contributed by atoms with Gasteiger partial charge in [0.15, 0.2) is 5.78 Å². The van der Waals surface area contributed by atoms with Gasteiger partial charge < -0.3 is 5.11 Å². The third-order valence-electron chi connectivity index (χ3n) is 2.76. The topological polar surface area (TPSA) is 37.3 Å². The molecule has 0 saturated heterocycles. The van der Waals surface area contributed by atoms with E-state index in [0.717, 1.165) is 31.2 Å². The molecular formula is C14H19BrO2. The van der Waals surface area contributed by atoms with Crippen LogP contribution >= 0.6 is 15.9 Å². The summed E-state index contributed by atoms with van der Waals surface area (Å²) in [6.07, 6.45) is 4.13. The van der Waals surface area contributed by atoms with Crippen molar-refractivity contribution in [1.29, 1.82) is 0 Å². The summed E-state index contributed by atoms with van der Waals surface area (Å²) in [5.41, 5.74) is 1.41. The zero-order valence-electron chi connectivity index (χ0n) is 10.4. The molecule has 1 rings (SSSR count). The van der Waals surface area contributed by atoms with Gasteiger partial charge in [0, 0.05) is 0 Å². The SMILES string of the molecule is CCCCCC(Br)C(=O)c1cc(C)ccc1O. The summed E-state index contributed by atoms with van der Waals surface area (Å²) >= 11 is 3.41. The van der Waals surface area contributed by atoms with E-state index < -0.39 is 0 Å². The number of carbonyl (C=O) groups is 1. The summed E-state index contributed by atoms with van der Waals surface area (Å²) < 4.78 is 0. The minimum Gasteiger partial charge on any atom is -0.507 e. The zero-order valence-corrected chi connectivity index (χ0v) is 12.0. The van der Waals surface area contributed by atoms with Crippen molar-refractivity contribution >= 4 is 21.7 Å². The van der Waals surface area contributed by atoms with Crippen LogP contribution in [-0.2, 0) is 0 Å². The Morgan fingerprint density at radius 3 is 2.76 bits per heavy atom. The third kappa shape index (κ3) is 4.15. The van der Waals surface area contributed by atoms with Gasteiger partial charge in [-0.05, 0) is 25.5 Å². The van der Waals surface area contributed by atoms with Crippen molar-refractivity contribution in [3.05, 3.63) is 29.3 Å². The van der Waals surface area contributed by atoms with Crippen LogP contribution in [0.15, 0.2) is 18.2 Å². The van der Waals surface area contributed by atoms with Crippen LogP contribution in [0.2, 0.25) is 0 Å². The van der Waals surface area contributed by atoms with Crippen LogP contribution < -0.4 is 0 Å². The highest BCUT2D eigenvalue weighted by Gasteiger charge is 2.19. The van der Waals surface area contributed by atoms with E-state index in [9.17, 15) is 9.90 Å². The van der Waals surface area contributed by atoms with Gasteiger partial charge in [-0.2, -0.15) is 0 Å². The first-order valence-electron chi connectivity index (χ1n) is 6.04. The number of hydrogen-bond acceptors (Lipinski definition) is 2. The minimum atomic E-state index is -0.193. The van der Waals surface area contributed by atoms with Crippen LogP contribution in [0, 0.1) is 6.92 Å². The predicted molar refractivity (Wildman–Crippen MR) is 74.0 cm³/mol. The van der Waals surface area contributed by atoms with Crippen molar-refractivity contribution < 1.29 is 9.90 Å². The van der Waals surface area contributed by atoms with Gasteiger partial charge in [0.2, 0.25) is 0 Å². The lowest BCUT2D eigenvalue weighted by molar-refractivity contribution is 0.0985. The largest absolute Gasteiger partial charge is 0.507 e. The molecule has 0 radical (unpaired) electrons. The number of ketones is 1. The normalized spacial score (nSPS) is 12.4. The Morgan fingerprint density at radius 1 is 1.41 bits per heavy atom. The zero-order chi connectivity index (χ0) is 12.8. The Hall–Kier alpha value is -0.830. The Balaban J connectivity index is 2.71. The molecule has 94 valence electrons. The van der Waals surface area contributed by atoms with Gasteiger partial charge in [-0.15, -0.1) is 0 Å². The van der Waals surface area contributed by atoms with E-state index in [1.54, 1.807) is 18.2 Å². The number of benzene rings is 1. The standard InChI is InChI=1S/C14H19BrO2/c1-3-4-5-6-12(15)14(17)11-9-10(2)7-8-13(11)16/h7-9,12,16H,3-6H2,1-2H3. The number of aryl methyl sites for hydroxylation is 1. The molecule has 3 heteroatoms. The predicted octanol–water partition coefficient (Wildman–Crippen LogP) is 4.23. The Bertz CT molecular complexity index is 388. The van der Waals surface area contributed by atoms with Crippen molar-refractivity contribution in [2.24, 2.45) is 0 Å². The van der Waals surface area contributed by atoms with E-state index >= 15 is 0 Å². The number of alkyl halides is 1. The first kappa shape index (κ1) is 14.2. The smallest absolute Gasteiger partial charge is 0.180 e. The highest BCUT2D eigenvalue weighted by Crippen LogP contribution is 2.24. The van der Waals surface area contributed by atoms with Gasteiger partial charge in [0.05, 0.1) is 10.4 Å². The van der Waals surface area contributed by atoms with Crippen LogP contribution in [-0.4, -0.2) is 15.7 Å². The number of phenols is 1. The lowest BCUT2D eigenvalue weighted by atomic mass is 10.0. The molecule has 17 heavy (non-hydrogen) atoms. The van der Waals surface area contributed by atoms with E-state index in [0.29, 0.717) is 5.56 Å². The molecule has 0 saturated carbocycles. The van der Waals surface area contributed by atoms with Gasteiger partial charge in [-0.3, -0.25) is 4.79 Å². The van der Waals surface area contributed by atoms with Gasteiger partial charge in [-0.25, -0.2) is 0 Å². The second kappa shape index (κ2) is 6.80. The molecule has 2 nitrogen and oxygen atoms in total. The number of carbonyl (C=O) groups excluding carboxylic acids is 1. The number of halogens is 1. The second-order valence-corrected chi connectivity index (χ2v) is 5.45. The van der Waals surface area contributed by atoms with Crippen LogP contribution in [0.1, 0.15) is 48.5 Å². The fraction of sp³-hybridized carbons (Fsp3) is 0.500. The molecule has 0 aromatic heterocycles. The van der Waals surface area contributed by atoms with Crippen LogP contribution in [0.4, 0.5) is 0 Å². The minimum absolute atomic E-state index is 0.0256. The van der Waals surface area contributed by atoms with Crippen molar-refractivity contribution in [2.75, 3.05) is 0 Å². The Morgan fingerprint density at radius 2 is 2.12 bits per heavy atom. The molecule has 0 amide bonds. The molecule has 1 N–H and O–H groups in total. The van der Waals surface area contributed by atoms with Crippen molar-refractivity contribution in [2.45, 2.75) is 44.4 Å². The maximum Gasteiger partial charge on any atom is 0.180 e. The van der Waals surface area contributed by atoms with Gasteiger partial charge in [-0.1, -0.05) is 53.7 Å². The van der Waals surface area contributed by atoms with Crippen molar-refractivity contribution in [3.8, 4) is 5.75 Å². The van der Waals surface area contributed by atoms with Gasteiger partial charge in [0.1, 0.15) is 5.75 Å². The average Bonchev–Trinajstić information content (AvgIpc) is 2.31. The molecule has 1 aromatic rings. The molecule has 0 bridgehead atoms. The molecule has 0 fully saturated rings. The quantitative estimate of drug-likeness (QED) is 0.485. The highest BCUT2D eigenvalue weighted by atomic mass is 79.9. The molecule has 1 unspecified atom stereocenters. The number of hydrogen-bond donors (Lipinski definition) is 1. The van der Waals surface area contributed by atoms with E-state index in [-0.39, 0.29) is 16.4 Å². The molecule has 0 spiro atoms. The molecule has 0 aliphatic carbocycles. The maximum atomic E-state index is 12.1. The summed E-state index contributed by atoms with van der Waals surface area (Å²) in [5.74, 6) is 0.0443. The number of phenolic OH excluding ortho intramolecular Hbond substituents is 1. The van der Waals surface area contributed by atoms with Gasteiger partial charge >= 0.3 is 0 Å². The number of rotatable bonds is 6. The third-order valence-corrected chi connectivity index (χ3v) is 3.64. The summed E-state index contributed by atoms with van der Waals surface area (Å²) in [6.45, 7) is 4.05. The lowest BCUT2D eigenvalue weighted by Gasteiger charge is -2.10. The van der Waals surface area contributed by atoms with Crippen molar-refractivity contribution in [1.82, 2.24) is 0 Å². The average molecular weight is 299 g/mol. The monoisotopic (exact) mass is 298 g/mol. The fourth-order valence-corrected chi connectivity index (χ4v) is 2.29. The summed E-state index contributed by atoms with van der Waals surface area (Å²) in [5, 5.41) is 9.68. The number of Topliss-reactive ketones (excluding diaryl/α,β-unsaturated/α-hetero) is 1. The second-order valence-electron chi connectivity index (χ2n) is 4.35. The maximum absolute atomic E-state index is 12.1. The van der Waals surface area contributed by atoms with Crippen molar-refractivity contribution in [3.63, 3.8) is 0 Å². The number of aromatic hydroxyl groups is 1. The molecular weight excluding hydrogens is 280 g/mol. The molecule has 0 heterocycles. The van der Waals surface area contributed by atoms with E-state index in [2.05, 4.69) is 22.9 Å². The van der Waals surface area contributed by atoms with Crippen LogP contribution in [0.5, 0.6) is 5.75 Å². The molecule has 1 atom stereocenters. The summed E-state index contributed by atoms with van der Waals surface area (Å²) in [7, 11) is 0. The van der Waals surface area contributed by atoms with Crippen LogP contribution in [0.25, 0.3) is 0 Å². The summed E-state index contributed by atoms with van der Waals surface area (Å²) in [4.78, 5) is 11.9. The summed E-state index contributed by atoms with van der Waals surface area (Å²) in [6, 6.07) is 5.12. The van der Waals surface area contributed by atoms with Gasteiger partial charge in [0.25, 0.3) is 0 Å². The molecule has 0 aliphatic rings. The van der Waals surface area contributed by atoms with E-state index in [1.807, 2.05) is 6.92 Å². The first-order valence-corrected chi connectivity index (χ1v) is 6.95.